The normalized spacial score (nSPS) is 29.2. The maximum absolute atomic E-state index is 13.1. The summed E-state index contributed by atoms with van der Waals surface area (Å²) in [4.78, 5) is 14.4. The summed E-state index contributed by atoms with van der Waals surface area (Å²) < 4.78 is 31.9. The van der Waals surface area contributed by atoms with Crippen molar-refractivity contribution in [2.45, 2.75) is 31.5 Å². The van der Waals surface area contributed by atoms with Crippen molar-refractivity contribution in [1.29, 1.82) is 0 Å². The van der Waals surface area contributed by atoms with Crippen LogP contribution in [-0.2, 0) is 4.74 Å². The summed E-state index contributed by atoms with van der Waals surface area (Å²) in [5.74, 6) is -1.93. The SMILES string of the molecule is C[C@@H]1CN2C[C@H](NC(=O)c3cc(F)cc(F)c3)C[C@H]2CO1. The Hall–Kier alpha value is -1.53. The quantitative estimate of drug-likeness (QED) is 0.900. The van der Waals surface area contributed by atoms with Gasteiger partial charge in [-0.25, -0.2) is 8.78 Å². The summed E-state index contributed by atoms with van der Waals surface area (Å²) in [6.45, 7) is 4.30. The molecular formula is C15H18F2N2O2. The van der Waals surface area contributed by atoms with E-state index in [4.69, 9.17) is 4.74 Å². The van der Waals surface area contributed by atoms with E-state index in [2.05, 4.69) is 10.2 Å². The summed E-state index contributed by atoms with van der Waals surface area (Å²) in [6, 6.07) is 3.15. The number of halogens is 2. The van der Waals surface area contributed by atoms with E-state index in [1.54, 1.807) is 0 Å². The minimum absolute atomic E-state index is 0.0114. The van der Waals surface area contributed by atoms with Gasteiger partial charge in [-0.05, 0) is 25.5 Å². The predicted molar refractivity (Wildman–Crippen MR) is 73.0 cm³/mol. The first kappa shape index (κ1) is 14.4. The third-order valence-corrected chi connectivity index (χ3v) is 4.05. The van der Waals surface area contributed by atoms with Crippen molar-refractivity contribution in [2.75, 3.05) is 19.7 Å². The van der Waals surface area contributed by atoms with Gasteiger partial charge in [0.2, 0.25) is 0 Å². The highest BCUT2D eigenvalue weighted by atomic mass is 19.1. The van der Waals surface area contributed by atoms with Gasteiger partial charge < -0.3 is 10.1 Å². The fraction of sp³-hybridized carbons (Fsp3) is 0.533. The van der Waals surface area contributed by atoms with Crippen LogP contribution >= 0.6 is 0 Å². The molecule has 4 nitrogen and oxygen atoms in total. The van der Waals surface area contributed by atoms with E-state index in [0.717, 1.165) is 37.7 Å². The maximum Gasteiger partial charge on any atom is 0.251 e. The van der Waals surface area contributed by atoms with Crippen molar-refractivity contribution in [3.63, 3.8) is 0 Å². The zero-order valence-corrected chi connectivity index (χ0v) is 11.8. The molecule has 0 aromatic heterocycles. The highest BCUT2D eigenvalue weighted by molar-refractivity contribution is 5.94. The second-order valence-electron chi connectivity index (χ2n) is 5.82. The Labute approximate surface area is 122 Å². The van der Waals surface area contributed by atoms with Crippen LogP contribution in [0.3, 0.4) is 0 Å². The Kier molecular flexibility index (Phi) is 3.91. The Balaban J connectivity index is 1.63. The number of morpholine rings is 1. The minimum atomic E-state index is -0.744. The molecule has 0 bridgehead atoms. The molecule has 0 saturated carbocycles. The molecule has 114 valence electrons. The summed E-state index contributed by atoms with van der Waals surface area (Å²) in [5, 5.41) is 2.85. The lowest BCUT2D eigenvalue weighted by Gasteiger charge is -2.33. The fourth-order valence-electron chi connectivity index (χ4n) is 3.10. The number of ether oxygens (including phenoxy) is 1. The van der Waals surface area contributed by atoms with Crippen LogP contribution in [0.15, 0.2) is 18.2 Å². The first-order valence-electron chi connectivity index (χ1n) is 7.14. The molecule has 3 atom stereocenters. The largest absolute Gasteiger partial charge is 0.376 e. The van der Waals surface area contributed by atoms with E-state index in [0.29, 0.717) is 12.6 Å². The van der Waals surface area contributed by atoms with Gasteiger partial charge in [0, 0.05) is 36.8 Å². The van der Waals surface area contributed by atoms with Crippen LogP contribution in [0.5, 0.6) is 0 Å². The molecule has 1 N–H and O–H groups in total. The molecule has 0 radical (unpaired) electrons. The van der Waals surface area contributed by atoms with Crippen molar-refractivity contribution >= 4 is 5.91 Å². The number of carbonyl (C=O) groups is 1. The lowest BCUT2D eigenvalue weighted by atomic mass is 10.1. The molecule has 1 amide bonds. The third-order valence-electron chi connectivity index (χ3n) is 4.05. The number of nitrogens with zero attached hydrogens (tertiary/aromatic N) is 1. The Morgan fingerprint density at radius 2 is 2.00 bits per heavy atom. The summed E-state index contributed by atoms with van der Waals surface area (Å²) in [7, 11) is 0. The monoisotopic (exact) mass is 296 g/mol. The van der Waals surface area contributed by atoms with Gasteiger partial charge in [0.25, 0.3) is 5.91 Å². The maximum atomic E-state index is 13.1. The second kappa shape index (κ2) is 5.69. The van der Waals surface area contributed by atoms with Crippen molar-refractivity contribution < 1.29 is 18.3 Å². The van der Waals surface area contributed by atoms with Crippen LogP contribution in [0.4, 0.5) is 8.78 Å². The third kappa shape index (κ3) is 3.22. The Bertz CT molecular complexity index is 532. The molecule has 2 saturated heterocycles. The van der Waals surface area contributed by atoms with Crippen LogP contribution < -0.4 is 5.32 Å². The first-order valence-corrected chi connectivity index (χ1v) is 7.14. The Morgan fingerprint density at radius 1 is 1.29 bits per heavy atom. The van der Waals surface area contributed by atoms with Crippen molar-refractivity contribution in [1.82, 2.24) is 10.2 Å². The van der Waals surface area contributed by atoms with Gasteiger partial charge in [-0.2, -0.15) is 0 Å². The number of hydrogen-bond donors (Lipinski definition) is 1. The fourth-order valence-corrected chi connectivity index (χ4v) is 3.10. The number of benzene rings is 1. The molecule has 2 fully saturated rings. The Morgan fingerprint density at radius 3 is 2.71 bits per heavy atom. The molecule has 2 aliphatic heterocycles. The minimum Gasteiger partial charge on any atom is -0.376 e. The van der Waals surface area contributed by atoms with Crippen LogP contribution in [0, 0.1) is 11.6 Å². The second-order valence-corrected chi connectivity index (χ2v) is 5.82. The molecule has 1 aromatic rings. The highest BCUT2D eigenvalue weighted by Crippen LogP contribution is 2.23. The zero-order chi connectivity index (χ0) is 15.0. The number of fused-ring (bicyclic) bond motifs is 1. The van der Waals surface area contributed by atoms with E-state index < -0.39 is 17.5 Å². The number of amides is 1. The lowest BCUT2D eigenvalue weighted by Crippen LogP contribution is -2.45. The highest BCUT2D eigenvalue weighted by Gasteiger charge is 2.36. The van der Waals surface area contributed by atoms with Crippen LogP contribution in [-0.4, -0.2) is 48.7 Å². The molecule has 0 spiro atoms. The summed E-state index contributed by atoms with van der Waals surface area (Å²) in [5.41, 5.74) is 0.0157. The molecule has 21 heavy (non-hydrogen) atoms. The molecule has 1 aromatic carbocycles. The van der Waals surface area contributed by atoms with E-state index in [1.807, 2.05) is 6.92 Å². The van der Waals surface area contributed by atoms with Crippen molar-refractivity contribution in [2.24, 2.45) is 0 Å². The number of nitrogens with one attached hydrogen (secondary N) is 1. The average Bonchev–Trinajstić information content (AvgIpc) is 2.78. The number of rotatable bonds is 2. The van der Waals surface area contributed by atoms with Gasteiger partial charge in [-0.1, -0.05) is 0 Å². The van der Waals surface area contributed by atoms with Gasteiger partial charge in [0.1, 0.15) is 11.6 Å². The van der Waals surface area contributed by atoms with Gasteiger partial charge in [-0.3, -0.25) is 9.69 Å². The van der Waals surface area contributed by atoms with Gasteiger partial charge in [0.05, 0.1) is 12.7 Å². The van der Waals surface area contributed by atoms with Gasteiger partial charge >= 0.3 is 0 Å². The predicted octanol–water partition coefficient (Wildman–Crippen LogP) is 1.56. The van der Waals surface area contributed by atoms with Crippen LogP contribution in [0.1, 0.15) is 23.7 Å². The molecule has 0 aliphatic carbocycles. The van der Waals surface area contributed by atoms with E-state index in [1.165, 1.54) is 0 Å². The summed E-state index contributed by atoms with van der Waals surface area (Å²) >= 11 is 0. The van der Waals surface area contributed by atoms with Crippen molar-refractivity contribution in [3.8, 4) is 0 Å². The van der Waals surface area contributed by atoms with E-state index >= 15 is 0 Å². The first-order chi connectivity index (χ1) is 10.0. The number of hydrogen-bond acceptors (Lipinski definition) is 3. The molecule has 6 heteroatoms. The number of carbonyl (C=O) groups excluding carboxylic acids is 1. The molecule has 3 rings (SSSR count). The zero-order valence-electron chi connectivity index (χ0n) is 11.8. The average molecular weight is 296 g/mol. The standard InChI is InChI=1S/C15H18F2N2O2/c1-9-6-19-7-13(5-14(19)8-21-9)18-15(20)10-2-11(16)4-12(17)3-10/h2-4,9,13-14H,5-8H2,1H3,(H,18,20)/t9-,13-,14+/m1/s1. The molecule has 0 unspecified atom stereocenters. The summed E-state index contributed by atoms with van der Waals surface area (Å²) in [6.07, 6.45) is 1.00. The van der Waals surface area contributed by atoms with Crippen LogP contribution in [0.2, 0.25) is 0 Å². The van der Waals surface area contributed by atoms with Gasteiger partial charge in [0.15, 0.2) is 0 Å². The van der Waals surface area contributed by atoms with E-state index in [-0.39, 0.29) is 17.7 Å². The molecule has 2 aliphatic rings. The lowest BCUT2D eigenvalue weighted by molar-refractivity contribution is -0.0390. The van der Waals surface area contributed by atoms with Crippen LogP contribution in [0.25, 0.3) is 0 Å². The van der Waals surface area contributed by atoms with Crippen molar-refractivity contribution in [3.05, 3.63) is 35.4 Å². The molecular weight excluding hydrogens is 278 g/mol. The van der Waals surface area contributed by atoms with E-state index in [9.17, 15) is 13.6 Å². The topological polar surface area (TPSA) is 41.6 Å². The van der Waals surface area contributed by atoms with Gasteiger partial charge in [-0.15, -0.1) is 0 Å². The molecule has 2 heterocycles. The smallest absolute Gasteiger partial charge is 0.251 e.